The normalized spacial score (nSPS) is 12.4. The van der Waals surface area contributed by atoms with Crippen LogP contribution in [-0.2, 0) is 10.0 Å². The average Bonchev–Trinajstić information content (AvgIpc) is 3.22. The van der Waals surface area contributed by atoms with Gasteiger partial charge in [0.05, 0.1) is 20.9 Å². The molecule has 172 valence electrons. The zero-order valence-corrected chi connectivity index (χ0v) is 18.7. The highest BCUT2D eigenvalue weighted by molar-refractivity contribution is 7.89. The maximum absolute atomic E-state index is 12.7. The van der Waals surface area contributed by atoms with Gasteiger partial charge in [0, 0.05) is 19.2 Å². The molecule has 0 unspecified atom stereocenters. The molecule has 0 bridgehead atoms. The minimum atomic E-state index is -3.91. The van der Waals surface area contributed by atoms with Gasteiger partial charge in [0.25, 0.3) is 0 Å². The Morgan fingerprint density at radius 1 is 1.27 bits per heavy atom. The van der Waals surface area contributed by atoms with E-state index < -0.39 is 33.0 Å². The zero-order valence-electron chi connectivity index (χ0n) is 17.8. The summed E-state index contributed by atoms with van der Waals surface area (Å²) in [5.74, 6) is -0.632. The SMILES string of the molecule is CCN(CC)S(=O)(=O)c1ccc(OC/C(O)=C(\C#N)c2nc3ccccc3[nH]2)c([N+](=O)[O-])c1. The Labute approximate surface area is 189 Å². The number of nitrogens with one attached hydrogen (secondary N) is 1. The van der Waals surface area contributed by atoms with Crippen molar-refractivity contribution in [2.45, 2.75) is 18.7 Å². The third-order valence-electron chi connectivity index (χ3n) is 4.86. The molecule has 0 saturated carbocycles. The number of fused-ring (bicyclic) bond motifs is 1. The molecule has 1 heterocycles. The first-order valence-electron chi connectivity index (χ1n) is 9.91. The van der Waals surface area contributed by atoms with Crippen LogP contribution in [0.1, 0.15) is 19.7 Å². The van der Waals surface area contributed by atoms with Crippen LogP contribution in [0.3, 0.4) is 0 Å². The van der Waals surface area contributed by atoms with Crippen LogP contribution in [0.5, 0.6) is 5.75 Å². The fourth-order valence-corrected chi connectivity index (χ4v) is 4.66. The molecule has 33 heavy (non-hydrogen) atoms. The Hall–Kier alpha value is -3.95. The van der Waals surface area contributed by atoms with E-state index in [1.807, 2.05) is 6.07 Å². The number of aromatic nitrogens is 2. The Balaban J connectivity index is 1.91. The van der Waals surface area contributed by atoms with Crippen LogP contribution in [0.25, 0.3) is 16.6 Å². The number of sulfonamides is 1. The summed E-state index contributed by atoms with van der Waals surface area (Å²) in [6, 6.07) is 12.1. The number of aromatic amines is 1. The summed E-state index contributed by atoms with van der Waals surface area (Å²) >= 11 is 0. The van der Waals surface area contributed by atoms with E-state index in [1.54, 1.807) is 38.1 Å². The van der Waals surface area contributed by atoms with Crippen molar-refractivity contribution in [2.24, 2.45) is 0 Å². The van der Waals surface area contributed by atoms with Crippen LogP contribution in [0.4, 0.5) is 5.69 Å². The number of nitro groups is 1. The summed E-state index contributed by atoms with van der Waals surface area (Å²) in [4.78, 5) is 17.7. The molecule has 0 atom stereocenters. The number of aliphatic hydroxyl groups is 1. The zero-order chi connectivity index (χ0) is 24.2. The van der Waals surface area contributed by atoms with Gasteiger partial charge >= 0.3 is 5.69 Å². The van der Waals surface area contributed by atoms with Gasteiger partial charge in [-0.15, -0.1) is 0 Å². The molecule has 0 fully saturated rings. The van der Waals surface area contributed by atoms with Crippen molar-refractivity contribution < 1.29 is 23.2 Å². The fourth-order valence-electron chi connectivity index (χ4n) is 3.18. The lowest BCUT2D eigenvalue weighted by Crippen LogP contribution is -2.30. The van der Waals surface area contributed by atoms with Crippen LogP contribution >= 0.6 is 0 Å². The standard InChI is InChI=1S/C21H21N5O6S/c1-3-25(4-2)33(30,31)14-9-10-20(18(11-14)26(28)29)32-13-19(27)15(12-22)21-23-16-7-5-6-8-17(16)24-21/h5-11,27H,3-4,13H2,1-2H3,(H,23,24)/b19-15-. The largest absolute Gasteiger partial charge is 0.507 e. The van der Waals surface area contributed by atoms with Gasteiger partial charge < -0.3 is 14.8 Å². The molecule has 1 aromatic heterocycles. The predicted molar refractivity (Wildman–Crippen MR) is 120 cm³/mol. The first-order valence-corrected chi connectivity index (χ1v) is 11.4. The van der Waals surface area contributed by atoms with E-state index >= 15 is 0 Å². The van der Waals surface area contributed by atoms with Crippen molar-refractivity contribution in [3.05, 3.63) is 64.2 Å². The Morgan fingerprint density at radius 3 is 2.58 bits per heavy atom. The molecule has 2 N–H and O–H groups in total. The second-order valence-corrected chi connectivity index (χ2v) is 8.74. The maximum atomic E-state index is 12.7. The second kappa shape index (κ2) is 9.68. The van der Waals surface area contributed by atoms with Crippen molar-refractivity contribution in [1.82, 2.24) is 14.3 Å². The molecule has 2 aromatic carbocycles. The maximum Gasteiger partial charge on any atom is 0.312 e. The molecule has 12 heteroatoms. The molecule has 0 aliphatic carbocycles. The van der Waals surface area contributed by atoms with E-state index in [0.29, 0.717) is 11.0 Å². The number of para-hydroxylation sites is 2. The lowest BCUT2D eigenvalue weighted by Gasteiger charge is -2.18. The molecule has 0 radical (unpaired) electrons. The number of aliphatic hydroxyl groups excluding tert-OH is 1. The summed E-state index contributed by atoms with van der Waals surface area (Å²) < 4.78 is 31.9. The number of nitrogens with zero attached hydrogens (tertiary/aromatic N) is 4. The number of rotatable bonds is 9. The first kappa shape index (κ1) is 23.7. The number of hydrogen-bond donors (Lipinski definition) is 2. The smallest absolute Gasteiger partial charge is 0.312 e. The van der Waals surface area contributed by atoms with Crippen LogP contribution in [0, 0.1) is 21.4 Å². The summed E-state index contributed by atoms with van der Waals surface area (Å²) in [5, 5.41) is 31.4. The van der Waals surface area contributed by atoms with Crippen LogP contribution < -0.4 is 4.74 Å². The van der Waals surface area contributed by atoms with E-state index in [-0.39, 0.29) is 35.1 Å². The molecule has 0 saturated heterocycles. The Kier molecular flexibility index (Phi) is 6.95. The number of ether oxygens (including phenoxy) is 1. The van der Waals surface area contributed by atoms with E-state index in [1.165, 1.54) is 10.4 Å². The molecule has 0 aliphatic heterocycles. The van der Waals surface area contributed by atoms with Gasteiger partial charge in [0.15, 0.2) is 17.3 Å². The summed E-state index contributed by atoms with van der Waals surface area (Å²) in [5.41, 5.74) is 0.483. The van der Waals surface area contributed by atoms with Gasteiger partial charge in [0.1, 0.15) is 18.2 Å². The van der Waals surface area contributed by atoms with E-state index in [9.17, 15) is 28.9 Å². The second-order valence-electron chi connectivity index (χ2n) is 6.80. The molecule has 3 aromatic rings. The molecular formula is C21H21N5O6S. The third kappa shape index (κ3) is 4.79. The fraction of sp³-hybridized carbons (Fsp3) is 0.238. The van der Waals surface area contributed by atoms with Gasteiger partial charge in [-0.25, -0.2) is 13.4 Å². The number of nitriles is 1. The minimum Gasteiger partial charge on any atom is -0.507 e. The summed E-state index contributed by atoms with van der Waals surface area (Å²) in [7, 11) is -3.91. The van der Waals surface area contributed by atoms with Gasteiger partial charge in [-0.3, -0.25) is 10.1 Å². The van der Waals surface area contributed by atoms with Crippen LogP contribution in [-0.4, -0.2) is 52.4 Å². The van der Waals surface area contributed by atoms with Crippen molar-refractivity contribution in [3.63, 3.8) is 0 Å². The van der Waals surface area contributed by atoms with Crippen molar-refractivity contribution in [3.8, 4) is 11.8 Å². The molecule has 11 nitrogen and oxygen atoms in total. The molecule has 0 spiro atoms. The average molecular weight is 471 g/mol. The number of allylic oxidation sites excluding steroid dienone is 1. The minimum absolute atomic E-state index is 0.120. The summed E-state index contributed by atoms with van der Waals surface area (Å²) in [6.45, 7) is 3.18. The lowest BCUT2D eigenvalue weighted by atomic mass is 10.2. The number of hydrogen-bond acceptors (Lipinski definition) is 8. The quantitative estimate of drug-likeness (QED) is 0.208. The lowest BCUT2D eigenvalue weighted by molar-refractivity contribution is -0.386. The highest BCUT2D eigenvalue weighted by atomic mass is 32.2. The van der Waals surface area contributed by atoms with Gasteiger partial charge in [0.2, 0.25) is 10.0 Å². The Morgan fingerprint density at radius 2 is 1.97 bits per heavy atom. The van der Waals surface area contributed by atoms with Gasteiger partial charge in [-0.05, 0) is 24.3 Å². The van der Waals surface area contributed by atoms with Crippen molar-refractivity contribution in [2.75, 3.05) is 19.7 Å². The summed E-state index contributed by atoms with van der Waals surface area (Å²) in [6.07, 6.45) is 0. The number of benzene rings is 2. The first-order chi connectivity index (χ1) is 15.7. The highest BCUT2D eigenvalue weighted by Crippen LogP contribution is 2.31. The van der Waals surface area contributed by atoms with Crippen molar-refractivity contribution in [1.29, 1.82) is 5.26 Å². The van der Waals surface area contributed by atoms with Crippen LogP contribution in [0.15, 0.2) is 53.1 Å². The number of nitro benzene ring substituents is 1. The monoisotopic (exact) mass is 471 g/mol. The van der Waals surface area contributed by atoms with E-state index in [0.717, 1.165) is 12.1 Å². The van der Waals surface area contributed by atoms with Gasteiger partial charge in [-0.2, -0.15) is 9.57 Å². The van der Waals surface area contributed by atoms with Crippen LogP contribution in [0.2, 0.25) is 0 Å². The topological polar surface area (TPSA) is 162 Å². The van der Waals surface area contributed by atoms with E-state index in [2.05, 4.69) is 9.97 Å². The van der Waals surface area contributed by atoms with Gasteiger partial charge in [-0.1, -0.05) is 26.0 Å². The van der Waals surface area contributed by atoms with Crippen molar-refractivity contribution >= 4 is 32.3 Å². The highest BCUT2D eigenvalue weighted by Gasteiger charge is 2.26. The molecule has 3 rings (SSSR count). The molecule has 0 amide bonds. The Bertz CT molecular complexity index is 1340. The predicted octanol–water partition coefficient (Wildman–Crippen LogP) is 3.37. The molecular weight excluding hydrogens is 450 g/mol. The molecule has 0 aliphatic rings. The van der Waals surface area contributed by atoms with E-state index in [4.69, 9.17) is 4.74 Å². The third-order valence-corrected chi connectivity index (χ3v) is 6.91. The number of imidazole rings is 1. The number of H-pyrrole nitrogens is 1.